The number of esters is 1. The monoisotopic (exact) mass is 268 g/mol. The standard InChI is InChI=1S/C13H20N2O2S/c1-7-4-8(2)6-10(5-7)17-13(16)11-9(3)15-18-12(11)14/h7-8,10H,4-6,14H2,1-3H3. The van der Waals surface area contributed by atoms with Gasteiger partial charge in [-0.25, -0.2) is 4.79 Å². The molecule has 100 valence electrons. The minimum Gasteiger partial charge on any atom is -0.459 e. The van der Waals surface area contributed by atoms with Crippen LogP contribution in [0.1, 0.15) is 49.2 Å². The predicted octanol–water partition coefficient (Wildman–Crippen LogP) is 3.02. The molecule has 2 N–H and O–H groups in total. The van der Waals surface area contributed by atoms with Crippen LogP contribution in [0, 0.1) is 18.8 Å². The lowest BCUT2D eigenvalue weighted by atomic mass is 9.82. The van der Waals surface area contributed by atoms with Gasteiger partial charge >= 0.3 is 5.97 Å². The third-order valence-corrected chi connectivity index (χ3v) is 4.27. The Balaban J connectivity index is 2.03. The number of carbonyl (C=O) groups is 1. The maximum absolute atomic E-state index is 12.1. The van der Waals surface area contributed by atoms with E-state index < -0.39 is 0 Å². The predicted molar refractivity (Wildman–Crippen MR) is 72.6 cm³/mol. The fourth-order valence-electron chi connectivity index (χ4n) is 2.82. The molecule has 1 heterocycles. The normalized spacial score (nSPS) is 28.1. The van der Waals surface area contributed by atoms with Gasteiger partial charge in [-0.3, -0.25) is 0 Å². The zero-order valence-electron chi connectivity index (χ0n) is 11.1. The Labute approximate surface area is 112 Å². The van der Waals surface area contributed by atoms with Crippen molar-refractivity contribution in [3.63, 3.8) is 0 Å². The van der Waals surface area contributed by atoms with E-state index in [1.54, 1.807) is 6.92 Å². The number of nitrogen functional groups attached to an aromatic ring is 1. The van der Waals surface area contributed by atoms with Gasteiger partial charge in [0, 0.05) is 0 Å². The molecular formula is C13H20N2O2S. The molecule has 2 unspecified atom stereocenters. The van der Waals surface area contributed by atoms with Crippen molar-refractivity contribution in [3.05, 3.63) is 11.3 Å². The highest BCUT2D eigenvalue weighted by molar-refractivity contribution is 7.10. The van der Waals surface area contributed by atoms with Gasteiger partial charge in [0.25, 0.3) is 0 Å². The van der Waals surface area contributed by atoms with Crippen molar-refractivity contribution in [3.8, 4) is 0 Å². The van der Waals surface area contributed by atoms with Crippen LogP contribution in [0.3, 0.4) is 0 Å². The van der Waals surface area contributed by atoms with Gasteiger partial charge in [-0.1, -0.05) is 13.8 Å². The molecule has 0 spiro atoms. The van der Waals surface area contributed by atoms with Gasteiger partial charge in [-0.2, -0.15) is 4.37 Å². The number of aromatic nitrogens is 1. The summed E-state index contributed by atoms with van der Waals surface area (Å²) in [6.45, 7) is 6.21. The zero-order valence-corrected chi connectivity index (χ0v) is 11.9. The minimum absolute atomic E-state index is 0.0231. The van der Waals surface area contributed by atoms with Gasteiger partial charge in [-0.15, -0.1) is 0 Å². The number of rotatable bonds is 2. The minimum atomic E-state index is -0.315. The number of aryl methyl sites for hydroxylation is 1. The number of ether oxygens (including phenoxy) is 1. The molecule has 1 aromatic rings. The second kappa shape index (κ2) is 5.26. The van der Waals surface area contributed by atoms with Crippen LogP contribution < -0.4 is 5.73 Å². The molecule has 2 atom stereocenters. The summed E-state index contributed by atoms with van der Waals surface area (Å²) < 4.78 is 9.66. The average Bonchev–Trinajstić information content (AvgIpc) is 2.56. The Morgan fingerprint density at radius 3 is 2.44 bits per heavy atom. The summed E-state index contributed by atoms with van der Waals surface area (Å²) in [6.07, 6.45) is 3.14. The van der Waals surface area contributed by atoms with Crippen LogP contribution in [0.2, 0.25) is 0 Å². The van der Waals surface area contributed by atoms with Gasteiger partial charge in [-0.05, 0) is 49.6 Å². The topological polar surface area (TPSA) is 65.2 Å². The molecule has 1 aromatic heterocycles. The van der Waals surface area contributed by atoms with E-state index in [-0.39, 0.29) is 12.1 Å². The largest absolute Gasteiger partial charge is 0.459 e. The zero-order chi connectivity index (χ0) is 13.3. The first-order valence-electron chi connectivity index (χ1n) is 6.40. The maximum Gasteiger partial charge on any atom is 0.343 e. The molecule has 0 saturated heterocycles. The Morgan fingerprint density at radius 2 is 1.94 bits per heavy atom. The summed E-state index contributed by atoms with van der Waals surface area (Å²) in [4.78, 5) is 12.1. The molecule has 18 heavy (non-hydrogen) atoms. The molecule has 1 aliphatic carbocycles. The Morgan fingerprint density at radius 1 is 1.33 bits per heavy atom. The van der Waals surface area contributed by atoms with Crippen molar-refractivity contribution < 1.29 is 9.53 Å². The van der Waals surface area contributed by atoms with Gasteiger partial charge in [0.1, 0.15) is 16.7 Å². The SMILES string of the molecule is Cc1nsc(N)c1C(=O)OC1CC(C)CC(C)C1. The Bertz CT molecular complexity index is 415. The molecule has 0 aromatic carbocycles. The summed E-state index contributed by atoms with van der Waals surface area (Å²) in [5.41, 5.74) is 6.87. The highest BCUT2D eigenvalue weighted by Gasteiger charge is 2.28. The summed E-state index contributed by atoms with van der Waals surface area (Å²) in [5, 5.41) is 0.453. The van der Waals surface area contributed by atoms with E-state index in [1.807, 2.05) is 0 Å². The van der Waals surface area contributed by atoms with Crippen LogP contribution >= 0.6 is 11.5 Å². The first-order chi connectivity index (χ1) is 8.47. The van der Waals surface area contributed by atoms with Crippen molar-refractivity contribution in [1.29, 1.82) is 0 Å². The molecule has 1 saturated carbocycles. The van der Waals surface area contributed by atoms with Gasteiger partial charge in [0.15, 0.2) is 0 Å². The lowest BCUT2D eigenvalue weighted by Gasteiger charge is -2.30. The number of hydrogen-bond acceptors (Lipinski definition) is 5. The molecule has 0 amide bonds. The Hall–Kier alpha value is -1.10. The molecule has 0 bridgehead atoms. The van der Waals surface area contributed by atoms with Crippen molar-refractivity contribution in [1.82, 2.24) is 4.37 Å². The smallest absolute Gasteiger partial charge is 0.343 e. The highest BCUT2D eigenvalue weighted by Crippen LogP contribution is 2.31. The maximum atomic E-state index is 12.1. The molecule has 0 aliphatic heterocycles. The molecular weight excluding hydrogens is 248 g/mol. The number of anilines is 1. The second-order valence-corrected chi connectivity index (χ2v) is 6.26. The van der Waals surface area contributed by atoms with Crippen LogP contribution in [0.15, 0.2) is 0 Å². The number of carbonyl (C=O) groups excluding carboxylic acids is 1. The van der Waals surface area contributed by atoms with E-state index in [2.05, 4.69) is 18.2 Å². The molecule has 0 radical (unpaired) electrons. The molecule has 4 nitrogen and oxygen atoms in total. The van der Waals surface area contributed by atoms with E-state index in [0.717, 1.165) is 24.4 Å². The van der Waals surface area contributed by atoms with Gasteiger partial charge < -0.3 is 10.5 Å². The molecule has 5 heteroatoms. The van der Waals surface area contributed by atoms with Crippen molar-refractivity contribution in [2.24, 2.45) is 11.8 Å². The second-order valence-electron chi connectivity index (χ2n) is 5.45. The summed E-state index contributed by atoms with van der Waals surface area (Å²) in [6, 6.07) is 0. The van der Waals surface area contributed by atoms with Crippen LogP contribution in [-0.4, -0.2) is 16.4 Å². The summed E-state index contributed by atoms with van der Waals surface area (Å²) in [5.74, 6) is 0.918. The van der Waals surface area contributed by atoms with Crippen molar-refractivity contribution in [2.75, 3.05) is 5.73 Å². The number of nitrogens with zero attached hydrogens (tertiary/aromatic N) is 1. The van der Waals surface area contributed by atoms with Crippen LogP contribution in [0.5, 0.6) is 0 Å². The van der Waals surface area contributed by atoms with Gasteiger partial charge in [0.2, 0.25) is 0 Å². The molecule has 1 fully saturated rings. The average molecular weight is 268 g/mol. The van der Waals surface area contributed by atoms with E-state index in [4.69, 9.17) is 10.5 Å². The van der Waals surface area contributed by atoms with Crippen LogP contribution in [-0.2, 0) is 4.74 Å². The molecule has 2 rings (SSSR count). The quantitative estimate of drug-likeness (QED) is 0.837. The fraction of sp³-hybridized carbons (Fsp3) is 0.692. The van der Waals surface area contributed by atoms with E-state index in [9.17, 15) is 4.79 Å². The van der Waals surface area contributed by atoms with E-state index in [1.165, 1.54) is 6.42 Å². The van der Waals surface area contributed by atoms with Gasteiger partial charge in [0.05, 0.1) is 5.69 Å². The first kappa shape index (κ1) is 13.3. The lowest BCUT2D eigenvalue weighted by molar-refractivity contribution is 0.00812. The third-order valence-electron chi connectivity index (χ3n) is 3.50. The summed E-state index contributed by atoms with van der Waals surface area (Å²) in [7, 11) is 0. The lowest BCUT2D eigenvalue weighted by Crippen LogP contribution is -2.28. The Kier molecular flexibility index (Phi) is 3.90. The van der Waals surface area contributed by atoms with E-state index >= 15 is 0 Å². The fourth-order valence-corrected chi connectivity index (χ4v) is 3.46. The number of hydrogen-bond donors (Lipinski definition) is 1. The summed E-state index contributed by atoms with van der Waals surface area (Å²) >= 11 is 1.15. The van der Waals surface area contributed by atoms with Crippen molar-refractivity contribution >= 4 is 22.5 Å². The highest BCUT2D eigenvalue weighted by atomic mass is 32.1. The third kappa shape index (κ3) is 2.83. The van der Waals surface area contributed by atoms with Crippen LogP contribution in [0.25, 0.3) is 0 Å². The van der Waals surface area contributed by atoms with E-state index in [0.29, 0.717) is 28.1 Å². The molecule has 1 aliphatic rings. The number of nitrogens with two attached hydrogens (primary N) is 1. The first-order valence-corrected chi connectivity index (χ1v) is 7.17. The van der Waals surface area contributed by atoms with Crippen LogP contribution in [0.4, 0.5) is 5.00 Å². The van der Waals surface area contributed by atoms with Crippen molar-refractivity contribution in [2.45, 2.75) is 46.1 Å².